The molecule has 0 saturated carbocycles. The summed E-state index contributed by atoms with van der Waals surface area (Å²) in [4.78, 5) is 1.14. The van der Waals surface area contributed by atoms with Crippen molar-refractivity contribution in [3.05, 3.63) is 36.4 Å². The predicted molar refractivity (Wildman–Crippen MR) is 74.2 cm³/mol. The molecular formula is C14H16O3S. The quantitative estimate of drug-likeness (QED) is 0.622. The lowest BCUT2D eigenvalue weighted by atomic mass is 10.1. The van der Waals surface area contributed by atoms with Gasteiger partial charge in [0.15, 0.2) is 0 Å². The highest BCUT2D eigenvalue weighted by molar-refractivity contribution is 7.99. The van der Waals surface area contributed by atoms with Gasteiger partial charge in [-0.3, -0.25) is 0 Å². The van der Waals surface area contributed by atoms with E-state index in [0.29, 0.717) is 19.0 Å². The molecule has 4 heteroatoms. The second kappa shape index (κ2) is 6.64. The minimum Gasteiger partial charge on any atom is -0.507 e. The first-order chi connectivity index (χ1) is 8.83. The fraction of sp³-hybridized carbons (Fsp3) is 0.286. The number of aromatic hydroxyl groups is 1. The summed E-state index contributed by atoms with van der Waals surface area (Å²) in [6, 6.07) is 11.4. The first kappa shape index (κ1) is 13.2. The van der Waals surface area contributed by atoms with Crippen LogP contribution in [0, 0.1) is 0 Å². The van der Waals surface area contributed by atoms with Crippen molar-refractivity contribution < 1.29 is 14.9 Å². The van der Waals surface area contributed by atoms with Gasteiger partial charge >= 0.3 is 0 Å². The first-order valence-corrected chi connectivity index (χ1v) is 6.83. The molecule has 3 nitrogen and oxygen atoms in total. The van der Waals surface area contributed by atoms with Crippen LogP contribution in [0.25, 0.3) is 10.8 Å². The van der Waals surface area contributed by atoms with Crippen molar-refractivity contribution in [3.8, 4) is 5.75 Å². The van der Waals surface area contributed by atoms with E-state index < -0.39 is 0 Å². The molecule has 0 atom stereocenters. The van der Waals surface area contributed by atoms with Crippen LogP contribution in [0.2, 0.25) is 0 Å². The second-order valence-electron chi connectivity index (χ2n) is 3.81. The van der Waals surface area contributed by atoms with E-state index in [0.717, 1.165) is 21.4 Å². The molecule has 0 fully saturated rings. The third kappa shape index (κ3) is 3.16. The summed E-state index contributed by atoms with van der Waals surface area (Å²) in [5.41, 5.74) is 0. The van der Waals surface area contributed by atoms with E-state index >= 15 is 0 Å². The van der Waals surface area contributed by atoms with Crippen LogP contribution < -0.4 is 0 Å². The number of benzene rings is 2. The van der Waals surface area contributed by atoms with Gasteiger partial charge in [-0.1, -0.05) is 24.3 Å². The minimum absolute atomic E-state index is 0.0623. The van der Waals surface area contributed by atoms with Gasteiger partial charge in [-0.15, -0.1) is 11.8 Å². The highest BCUT2D eigenvalue weighted by Gasteiger charge is 2.04. The number of thioether (sulfide) groups is 1. The fourth-order valence-electron chi connectivity index (χ4n) is 1.76. The zero-order valence-electron chi connectivity index (χ0n) is 10.0. The lowest BCUT2D eigenvalue weighted by Crippen LogP contribution is -2.02. The monoisotopic (exact) mass is 264 g/mol. The van der Waals surface area contributed by atoms with Crippen molar-refractivity contribution in [2.75, 3.05) is 25.6 Å². The third-order valence-electron chi connectivity index (χ3n) is 2.58. The first-order valence-electron chi connectivity index (χ1n) is 5.85. The number of hydrogen-bond acceptors (Lipinski definition) is 4. The molecule has 18 heavy (non-hydrogen) atoms. The maximum absolute atomic E-state index is 9.78. The average molecular weight is 264 g/mol. The number of aliphatic hydroxyl groups is 1. The third-order valence-corrected chi connectivity index (χ3v) is 3.62. The van der Waals surface area contributed by atoms with Crippen molar-refractivity contribution in [2.24, 2.45) is 0 Å². The standard InChI is InChI=1S/C14H16O3S/c15-7-8-17-9-10-18-14-6-5-13(16)11-3-1-2-4-12(11)14/h1-6,15-16H,7-10H2. The number of aliphatic hydroxyl groups excluding tert-OH is 1. The zero-order valence-corrected chi connectivity index (χ0v) is 10.8. The summed E-state index contributed by atoms with van der Waals surface area (Å²) in [5, 5.41) is 20.3. The molecule has 0 aliphatic heterocycles. The van der Waals surface area contributed by atoms with Crippen LogP contribution in [0.4, 0.5) is 0 Å². The molecule has 96 valence electrons. The molecule has 0 aromatic heterocycles. The van der Waals surface area contributed by atoms with Gasteiger partial charge < -0.3 is 14.9 Å². The van der Waals surface area contributed by atoms with Crippen LogP contribution >= 0.6 is 11.8 Å². The molecule has 0 spiro atoms. The molecular weight excluding hydrogens is 248 g/mol. The van der Waals surface area contributed by atoms with Gasteiger partial charge in [0.2, 0.25) is 0 Å². The molecule has 2 rings (SSSR count). The highest BCUT2D eigenvalue weighted by Crippen LogP contribution is 2.32. The Bertz CT molecular complexity index is 513. The van der Waals surface area contributed by atoms with Crippen molar-refractivity contribution in [2.45, 2.75) is 4.90 Å². The number of fused-ring (bicyclic) bond motifs is 1. The molecule has 0 saturated heterocycles. The van der Waals surface area contributed by atoms with E-state index in [-0.39, 0.29) is 6.61 Å². The predicted octanol–water partition coefficient (Wildman–Crippen LogP) is 2.65. The van der Waals surface area contributed by atoms with E-state index in [1.54, 1.807) is 17.8 Å². The molecule has 0 heterocycles. The minimum atomic E-state index is 0.0623. The van der Waals surface area contributed by atoms with Gasteiger partial charge in [0, 0.05) is 16.0 Å². The Morgan fingerprint density at radius 2 is 1.78 bits per heavy atom. The zero-order chi connectivity index (χ0) is 12.8. The number of phenolic OH excluding ortho intramolecular Hbond substituents is 1. The number of ether oxygens (including phenoxy) is 1. The van der Waals surface area contributed by atoms with E-state index in [2.05, 4.69) is 0 Å². The topological polar surface area (TPSA) is 49.7 Å². The normalized spacial score (nSPS) is 10.9. The Hall–Kier alpha value is -1.23. The van der Waals surface area contributed by atoms with Crippen LogP contribution in [-0.4, -0.2) is 35.8 Å². The van der Waals surface area contributed by atoms with Crippen LogP contribution in [-0.2, 0) is 4.74 Å². The van der Waals surface area contributed by atoms with Crippen LogP contribution in [0.1, 0.15) is 0 Å². The summed E-state index contributed by atoms with van der Waals surface area (Å²) in [6.07, 6.45) is 0. The Morgan fingerprint density at radius 1 is 1.00 bits per heavy atom. The van der Waals surface area contributed by atoms with Gasteiger partial charge in [-0.2, -0.15) is 0 Å². The van der Waals surface area contributed by atoms with E-state index in [1.807, 2.05) is 30.3 Å². The van der Waals surface area contributed by atoms with Gasteiger partial charge in [-0.05, 0) is 17.5 Å². The van der Waals surface area contributed by atoms with Crippen molar-refractivity contribution in [1.29, 1.82) is 0 Å². The molecule has 2 N–H and O–H groups in total. The lowest BCUT2D eigenvalue weighted by molar-refractivity contribution is 0.103. The molecule has 0 aliphatic rings. The molecule has 2 aromatic carbocycles. The van der Waals surface area contributed by atoms with Gasteiger partial charge in [0.1, 0.15) is 5.75 Å². The summed E-state index contributed by atoms with van der Waals surface area (Å²) in [7, 11) is 0. The second-order valence-corrected chi connectivity index (χ2v) is 4.95. The molecule has 0 bridgehead atoms. The number of hydrogen-bond donors (Lipinski definition) is 2. The van der Waals surface area contributed by atoms with Gasteiger partial charge in [-0.25, -0.2) is 0 Å². The van der Waals surface area contributed by atoms with E-state index in [9.17, 15) is 5.11 Å². The Morgan fingerprint density at radius 3 is 2.56 bits per heavy atom. The molecule has 0 aliphatic carbocycles. The van der Waals surface area contributed by atoms with Crippen molar-refractivity contribution in [1.82, 2.24) is 0 Å². The average Bonchev–Trinajstić information content (AvgIpc) is 2.41. The summed E-state index contributed by atoms with van der Waals surface area (Å²) in [5.74, 6) is 1.14. The fourth-order valence-corrected chi connectivity index (χ4v) is 2.68. The largest absolute Gasteiger partial charge is 0.507 e. The van der Waals surface area contributed by atoms with E-state index in [1.165, 1.54) is 0 Å². The molecule has 0 radical (unpaired) electrons. The van der Waals surface area contributed by atoms with Gasteiger partial charge in [0.05, 0.1) is 19.8 Å². The SMILES string of the molecule is OCCOCCSc1ccc(O)c2ccccc12. The van der Waals surface area contributed by atoms with Crippen molar-refractivity contribution >= 4 is 22.5 Å². The maximum Gasteiger partial charge on any atom is 0.123 e. The molecule has 0 unspecified atom stereocenters. The smallest absolute Gasteiger partial charge is 0.123 e. The summed E-state index contributed by atoms with van der Waals surface area (Å²) in [6.45, 7) is 1.06. The number of rotatable bonds is 6. The van der Waals surface area contributed by atoms with Crippen LogP contribution in [0.3, 0.4) is 0 Å². The summed E-state index contributed by atoms with van der Waals surface area (Å²) < 4.78 is 5.22. The lowest BCUT2D eigenvalue weighted by Gasteiger charge is -2.08. The Labute approximate surface area is 110 Å². The Kier molecular flexibility index (Phi) is 4.87. The van der Waals surface area contributed by atoms with Crippen molar-refractivity contribution in [3.63, 3.8) is 0 Å². The van der Waals surface area contributed by atoms with Crippen LogP contribution in [0.5, 0.6) is 5.75 Å². The van der Waals surface area contributed by atoms with Gasteiger partial charge in [0.25, 0.3) is 0 Å². The molecule has 0 amide bonds. The Balaban J connectivity index is 2.07. The highest BCUT2D eigenvalue weighted by atomic mass is 32.2. The number of phenols is 1. The summed E-state index contributed by atoms with van der Waals surface area (Å²) >= 11 is 1.69. The maximum atomic E-state index is 9.78. The van der Waals surface area contributed by atoms with Crippen LogP contribution in [0.15, 0.2) is 41.3 Å². The van der Waals surface area contributed by atoms with E-state index in [4.69, 9.17) is 9.84 Å². The molecule has 2 aromatic rings.